The van der Waals surface area contributed by atoms with E-state index in [1.54, 1.807) is 0 Å². The average Bonchev–Trinajstić information content (AvgIpc) is 2.93. The van der Waals surface area contributed by atoms with E-state index < -0.39 is 0 Å². The van der Waals surface area contributed by atoms with Crippen molar-refractivity contribution in [2.75, 3.05) is 13.1 Å². The number of piperidine rings is 1. The van der Waals surface area contributed by atoms with Crippen LogP contribution in [0.1, 0.15) is 50.5 Å². The molecule has 1 aromatic heterocycles. The van der Waals surface area contributed by atoms with E-state index in [1.165, 1.54) is 12.8 Å². The summed E-state index contributed by atoms with van der Waals surface area (Å²) in [6, 6.07) is 7.90. The number of halogens is 1. The first-order chi connectivity index (χ1) is 11.6. The van der Waals surface area contributed by atoms with Crippen molar-refractivity contribution < 1.29 is 9.21 Å². The van der Waals surface area contributed by atoms with Gasteiger partial charge in [-0.25, -0.2) is 0 Å². The molecular formula is C20H29ClN2O2. The van der Waals surface area contributed by atoms with Gasteiger partial charge in [0.2, 0.25) is 5.91 Å². The zero-order valence-corrected chi connectivity index (χ0v) is 16.1. The van der Waals surface area contributed by atoms with Crippen LogP contribution in [0, 0.1) is 18.8 Å². The van der Waals surface area contributed by atoms with Gasteiger partial charge in [-0.15, -0.1) is 12.4 Å². The monoisotopic (exact) mass is 364 g/mol. The van der Waals surface area contributed by atoms with Gasteiger partial charge in [-0.05, 0) is 57.7 Å². The number of hydrogen-bond acceptors (Lipinski definition) is 3. The molecule has 3 rings (SSSR count). The van der Waals surface area contributed by atoms with Crippen molar-refractivity contribution in [1.29, 1.82) is 0 Å². The molecule has 0 bridgehead atoms. The summed E-state index contributed by atoms with van der Waals surface area (Å²) in [7, 11) is 0. The summed E-state index contributed by atoms with van der Waals surface area (Å²) in [5.74, 6) is 1.98. The number of rotatable bonds is 5. The molecule has 1 aliphatic heterocycles. The summed E-state index contributed by atoms with van der Waals surface area (Å²) in [5.41, 5.74) is 2.00. The van der Waals surface area contributed by atoms with E-state index in [-0.39, 0.29) is 24.4 Å². The first-order valence-electron chi connectivity index (χ1n) is 9.04. The highest BCUT2D eigenvalue weighted by molar-refractivity contribution is 5.85. The Bertz CT molecular complexity index is 707. The Morgan fingerprint density at radius 1 is 1.36 bits per heavy atom. The predicted octanol–water partition coefficient (Wildman–Crippen LogP) is 4.37. The van der Waals surface area contributed by atoms with E-state index in [0.717, 1.165) is 35.4 Å². The normalized spacial score (nSPS) is 19.9. The van der Waals surface area contributed by atoms with Gasteiger partial charge in [0.05, 0.1) is 6.04 Å². The lowest BCUT2D eigenvalue weighted by Crippen LogP contribution is -2.36. The van der Waals surface area contributed by atoms with Crippen LogP contribution in [0.3, 0.4) is 0 Å². The van der Waals surface area contributed by atoms with E-state index in [4.69, 9.17) is 4.42 Å². The lowest BCUT2D eigenvalue weighted by Gasteiger charge is -2.28. The van der Waals surface area contributed by atoms with Gasteiger partial charge in [0.1, 0.15) is 11.3 Å². The minimum atomic E-state index is -0.110. The summed E-state index contributed by atoms with van der Waals surface area (Å²) < 4.78 is 5.96. The molecule has 1 fully saturated rings. The highest BCUT2D eigenvalue weighted by atomic mass is 35.5. The summed E-state index contributed by atoms with van der Waals surface area (Å²) in [6.45, 7) is 8.38. The van der Waals surface area contributed by atoms with Gasteiger partial charge in [0.25, 0.3) is 0 Å². The Hall–Kier alpha value is -1.52. The molecule has 25 heavy (non-hydrogen) atoms. The smallest absolute Gasteiger partial charge is 0.220 e. The third kappa shape index (κ3) is 4.56. The van der Waals surface area contributed by atoms with Crippen LogP contribution in [0.4, 0.5) is 0 Å². The number of carbonyl (C=O) groups is 1. The number of fused-ring (bicyclic) bond motifs is 1. The van der Waals surface area contributed by atoms with Gasteiger partial charge in [-0.1, -0.05) is 25.1 Å². The van der Waals surface area contributed by atoms with Gasteiger partial charge in [-0.3, -0.25) is 4.79 Å². The lowest BCUT2D eigenvalue weighted by molar-refractivity contribution is -0.123. The fourth-order valence-corrected chi connectivity index (χ4v) is 3.80. The van der Waals surface area contributed by atoms with E-state index in [0.29, 0.717) is 18.3 Å². The van der Waals surface area contributed by atoms with Gasteiger partial charge in [-0.2, -0.15) is 0 Å². The van der Waals surface area contributed by atoms with Crippen molar-refractivity contribution in [3.8, 4) is 0 Å². The number of carbonyl (C=O) groups excluding carboxylic acids is 1. The first-order valence-corrected chi connectivity index (χ1v) is 9.04. The predicted molar refractivity (Wildman–Crippen MR) is 104 cm³/mol. The molecule has 2 heterocycles. The van der Waals surface area contributed by atoms with E-state index in [1.807, 2.05) is 25.1 Å². The molecule has 2 N–H and O–H groups in total. The molecule has 138 valence electrons. The number of furan rings is 1. The number of amides is 1. The Kier molecular flexibility index (Phi) is 6.91. The molecule has 1 amide bonds. The van der Waals surface area contributed by atoms with E-state index >= 15 is 0 Å². The van der Waals surface area contributed by atoms with Crippen LogP contribution in [-0.4, -0.2) is 19.0 Å². The summed E-state index contributed by atoms with van der Waals surface area (Å²) >= 11 is 0. The molecule has 1 saturated heterocycles. The maximum absolute atomic E-state index is 12.4. The molecule has 5 heteroatoms. The van der Waals surface area contributed by atoms with Crippen molar-refractivity contribution >= 4 is 29.3 Å². The number of benzene rings is 1. The summed E-state index contributed by atoms with van der Waals surface area (Å²) in [5, 5.41) is 7.67. The molecular weight excluding hydrogens is 336 g/mol. The molecule has 2 aromatic rings. The molecule has 3 atom stereocenters. The second kappa shape index (κ2) is 8.72. The van der Waals surface area contributed by atoms with Crippen molar-refractivity contribution in [1.82, 2.24) is 10.6 Å². The molecule has 3 unspecified atom stereocenters. The fourth-order valence-electron chi connectivity index (χ4n) is 3.80. The molecule has 0 spiro atoms. The van der Waals surface area contributed by atoms with Crippen LogP contribution in [0.5, 0.6) is 0 Å². The molecule has 0 saturated carbocycles. The van der Waals surface area contributed by atoms with Crippen LogP contribution in [-0.2, 0) is 4.79 Å². The molecule has 1 aliphatic rings. The SMILES string of the molecule is Cc1c(C(C)NC(=O)CC(C)C2CCCNC2)oc2ccccc12.Cl. The maximum Gasteiger partial charge on any atom is 0.220 e. The molecule has 0 aliphatic carbocycles. The van der Waals surface area contributed by atoms with Crippen LogP contribution in [0.25, 0.3) is 11.0 Å². The number of aryl methyl sites for hydroxylation is 1. The van der Waals surface area contributed by atoms with Crippen LogP contribution in [0.2, 0.25) is 0 Å². The maximum atomic E-state index is 12.4. The highest BCUT2D eigenvalue weighted by Crippen LogP contribution is 2.29. The molecule has 0 radical (unpaired) electrons. The van der Waals surface area contributed by atoms with E-state index in [9.17, 15) is 4.79 Å². The van der Waals surface area contributed by atoms with Crippen molar-refractivity contribution in [3.05, 3.63) is 35.6 Å². The minimum Gasteiger partial charge on any atom is -0.459 e. The zero-order chi connectivity index (χ0) is 17.1. The van der Waals surface area contributed by atoms with Crippen molar-refractivity contribution in [3.63, 3.8) is 0 Å². The van der Waals surface area contributed by atoms with Crippen LogP contribution in [0.15, 0.2) is 28.7 Å². The fraction of sp³-hybridized carbons (Fsp3) is 0.550. The minimum absolute atomic E-state index is 0. The number of para-hydroxylation sites is 1. The highest BCUT2D eigenvalue weighted by Gasteiger charge is 2.24. The van der Waals surface area contributed by atoms with Gasteiger partial charge in [0.15, 0.2) is 0 Å². The zero-order valence-electron chi connectivity index (χ0n) is 15.3. The molecule has 4 nitrogen and oxygen atoms in total. The Morgan fingerprint density at radius 3 is 2.80 bits per heavy atom. The van der Waals surface area contributed by atoms with Crippen LogP contribution < -0.4 is 10.6 Å². The van der Waals surface area contributed by atoms with Gasteiger partial charge in [0, 0.05) is 17.4 Å². The largest absolute Gasteiger partial charge is 0.459 e. The third-order valence-electron chi connectivity index (χ3n) is 5.30. The van der Waals surface area contributed by atoms with Crippen LogP contribution >= 0.6 is 12.4 Å². The second-order valence-corrected chi connectivity index (χ2v) is 7.16. The van der Waals surface area contributed by atoms with Gasteiger partial charge >= 0.3 is 0 Å². The average molecular weight is 365 g/mol. The summed E-state index contributed by atoms with van der Waals surface area (Å²) in [6.07, 6.45) is 3.01. The standard InChI is InChI=1S/C20H28N2O2.ClH/c1-13(16-7-6-10-21-12-16)11-19(23)22-15(3)20-14(2)17-8-4-5-9-18(17)24-20;/h4-5,8-9,13,15-16,21H,6-7,10-12H2,1-3H3,(H,22,23);1H. The Labute approximate surface area is 156 Å². The lowest BCUT2D eigenvalue weighted by atomic mass is 9.85. The number of hydrogen-bond donors (Lipinski definition) is 2. The van der Waals surface area contributed by atoms with Crippen molar-refractivity contribution in [2.45, 2.75) is 46.1 Å². The van der Waals surface area contributed by atoms with Gasteiger partial charge < -0.3 is 15.1 Å². The summed E-state index contributed by atoms with van der Waals surface area (Å²) in [4.78, 5) is 12.4. The Balaban J connectivity index is 0.00000225. The van der Waals surface area contributed by atoms with Crippen molar-refractivity contribution in [2.24, 2.45) is 11.8 Å². The topological polar surface area (TPSA) is 54.3 Å². The Morgan fingerprint density at radius 2 is 2.12 bits per heavy atom. The van der Waals surface area contributed by atoms with E-state index in [2.05, 4.69) is 30.5 Å². The molecule has 1 aromatic carbocycles. The third-order valence-corrected chi connectivity index (χ3v) is 5.30. The second-order valence-electron chi connectivity index (χ2n) is 7.16. The quantitative estimate of drug-likeness (QED) is 0.828. The number of nitrogens with one attached hydrogen (secondary N) is 2. The first kappa shape index (κ1) is 19.8.